The summed E-state index contributed by atoms with van der Waals surface area (Å²) in [5.74, 6) is 0.369. The highest BCUT2D eigenvalue weighted by atomic mass is 16.5. The molecule has 3 atom stereocenters. The van der Waals surface area contributed by atoms with E-state index in [9.17, 15) is 4.79 Å². The predicted octanol–water partition coefficient (Wildman–Crippen LogP) is 0.587. The molecule has 1 aliphatic rings. The van der Waals surface area contributed by atoms with Gasteiger partial charge < -0.3 is 20.7 Å². The normalized spacial score (nSPS) is 26.3. The van der Waals surface area contributed by atoms with Crippen molar-refractivity contribution < 1.29 is 9.53 Å². The fraction of sp³-hybridized carbons (Fsp3) is 0.929. The predicted molar refractivity (Wildman–Crippen MR) is 76.9 cm³/mol. The fourth-order valence-corrected chi connectivity index (χ4v) is 2.58. The van der Waals surface area contributed by atoms with Crippen LogP contribution in [0.4, 0.5) is 0 Å². The minimum Gasteiger partial charge on any atom is -0.380 e. The third-order valence-electron chi connectivity index (χ3n) is 3.99. The lowest BCUT2D eigenvalue weighted by molar-refractivity contribution is -0.120. The van der Waals surface area contributed by atoms with E-state index in [1.54, 1.807) is 7.11 Å². The quantitative estimate of drug-likeness (QED) is 0.678. The summed E-state index contributed by atoms with van der Waals surface area (Å²) >= 11 is 0. The average molecular weight is 271 g/mol. The number of nitrogens with two attached hydrogens (primary N) is 1. The van der Waals surface area contributed by atoms with Gasteiger partial charge in [0.1, 0.15) is 0 Å². The molecule has 0 aromatic carbocycles. The summed E-state index contributed by atoms with van der Waals surface area (Å²) in [6, 6.07) is -0.208. The number of hydrogen-bond donors (Lipinski definition) is 2. The number of hydrogen-bond acceptors (Lipinski definition) is 4. The minimum atomic E-state index is -0.248. The molecule has 5 heteroatoms. The number of nitrogens with zero attached hydrogens (tertiary/aromatic N) is 1. The van der Waals surface area contributed by atoms with Gasteiger partial charge in [0, 0.05) is 20.2 Å². The zero-order chi connectivity index (χ0) is 14.3. The fourth-order valence-electron chi connectivity index (χ4n) is 2.58. The number of methoxy groups -OCH3 is 1. The molecule has 0 radical (unpaired) electrons. The van der Waals surface area contributed by atoms with Crippen molar-refractivity contribution in [1.29, 1.82) is 0 Å². The SMILES string of the molecule is CCCNC(CCN1CCC(C)C(OC)C1)C(N)=O. The van der Waals surface area contributed by atoms with Gasteiger partial charge in [0.25, 0.3) is 0 Å². The van der Waals surface area contributed by atoms with Crippen LogP contribution in [0.15, 0.2) is 0 Å². The van der Waals surface area contributed by atoms with Gasteiger partial charge >= 0.3 is 0 Å². The summed E-state index contributed by atoms with van der Waals surface area (Å²) in [5, 5.41) is 3.21. The molecular weight excluding hydrogens is 242 g/mol. The smallest absolute Gasteiger partial charge is 0.234 e. The van der Waals surface area contributed by atoms with Crippen molar-refractivity contribution in [3.05, 3.63) is 0 Å². The van der Waals surface area contributed by atoms with Gasteiger partial charge in [-0.25, -0.2) is 0 Å². The maximum Gasteiger partial charge on any atom is 0.234 e. The number of rotatable bonds is 8. The molecule has 0 spiro atoms. The van der Waals surface area contributed by atoms with E-state index in [1.165, 1.54) is 0 Å². The number of primary amides is 1. The molecule has 3 N–H and O–H groups in total. The Bertz CT molecular complexity index is 273. The molecule has 0 saturated carbocycles. The zero-order valence-corrected chi connectivity index (χ0v) is 12.5. The van der Waals surface area contributed by atoms with Gasteiger partial charge in [-0.3, -0.25) is 4.79 Å². The summed E-state index contributed by atoms with van der Waals surface area (Å²) in [6.45, 7) is 8.10. The Morgan fingerprint density at radius 3 is 2.89 bits per heavy atom. The Morgan fingerprint density at radius 1 is 1.58 bits per heavy atom. The highest BCUT2D eigenvalue weighted by Gasteiger charge is 2.26. The molecular formula is C14H29N3O2. The van der Waals surface area contributed by atoms with Gasteiger partial charge in [0.2, 0.25) is 5.91 Å². The number of piperidine rings is 1. The highest BCUT2D eigenvalue weighted by Crippen LogP contribution is 2.19. The molecule has 1 aliphatic heterocycles. The van der Waals surface area contributed by atoms with E-state index >= 15 is 0 Å². The van der Waals surface area contributed by atoms with E-state index in [4.69, 9.17) is 10.5 Å². The van der Waals surface area contributed by atoms with Crippen LogP contribution in [0.2, 0.25) is 0 Å². The number of nitrogens with one attached hydrogen (secondary N) is 1. The van der Waals surface area contributed by atoms with Crippen LogP contribution in [0, 0.1) is 5.92 Å². The molecule has 1 heterocycles. The summed E-state index contributed by atoms with van der Waals surface area (Å²) < 4.78 is 5.50. The Balaban J connectivity index is 2.35. The summed E-state index contributed by atoms with van der Waals surface area (Å²) in [6.07, 6.45) is 3.25. The van der Waals surface area contributed by atoms with E-state index < -0.39 is 0 Å². The third-order valence-corrected chi connectivity index (χ3v) is 3.99. The topological polar surface area (TPSA) is 67.6 Å². The van der Waals surface area contributed by atoms with Crippen LogP contribution in [0.25, 0.3) is 0 Å². The molecule has 5 nitrogen and oxygen atoms in total. The van der Waals surface area contributed by atoms with Crippen LogP contribution in [0.3, 0.4) is 0 Å². The van der Waals surface area contributed by atoms with Crippen molar-refractivity contribution in [2.45, 2.75) is 45.3 Å². The largest absolute Gasteiger partial charge is 0.380 e. The second-order valence-electron chi connectivity index (χ2n) is 5.54. The molecule has 1 rings (SSSR count). The molecule has 0 aromatic heterocycles. The number of amides is 1. The lowest BCUT2D eigenvalue weighted by atomic mass is 9.95. The van der Waals surface area contributed by atoms with E-state index in [0.717, 1.165) is 45.4 Å². The molecule has 0 aliphatic carbocycles. The van der Waals surface area contributed by atoms with Gasteiger partial charge in [0.05, 0.1) is 12.1 Å². The van der Waals surface area contributed by atoms with E-state index in [1.807, 2.05) is 0 Å². The van der Waals surface area contributed by atoms with Crippen LogP contribution >= 0.6 is 0 Å². The highest BCUT2D eigenvalue weighted by molar-refractivity contribution is 5.79. The molecule has 3 unspecified atom stereocenters. The number of ether oxygens (including phenoxy) is 1. The number of carbonyl (C=O) groups excluding carboxylic acids is 1. The minimum absolute atomic E-state index is 0.208. The Morgan fingerprint density at radius 2 is 2.32 bits per heavy atom. The number of carbonyl (C=O) groups is 1. The van der Waals surface area contributed by atoms with Crippen LogP contribution in [-0.2, 0) is 9.53 Å². The molecule has 0 aromatic rings. The zero-order valence-electron chi connectivity index (χ0n) is 12.5. The van der Waals surface area contributed by atoms with Crippen LogP contribution < -0.4 is 11.1 Å². The first kappa shape index (κ1) is 16.4. The van der Waals surface area contributed by atoms with Crippen LogP contribution in [0.5, 0.6) is 0 Å². The van der Waals surface area contributed by atoms with E-state index in [0.29, 0.717) is 12.0 Å². The standard InChI is InChI=1S/C14H29N3O2/c1-4-7-16-12(14(15)18)6-9-17-8-5-11(2)13(10-17)19-3/h11-13,16H,4-10H2,1-3H3,(H2,15,18). The molecule has 0 bridgehead atoms. The van der Waals surface area contributed by atoms with Crippen molar-refractivity contribution in [1.82, 2.24) is 10.2 Å². The molecule has 112 valence electrons. The monoisotopic (exact) mass is 271 g/mol. The lowest BCUT2D eigenvalue weighted by Gasteiger charge is -2.36. The Labute approximate surface area is 116 Å². The Kier molecular flexibility index (Phi) is 7.34. The van der Waals surface area contributed by atoms with E-state index in [2.05, 4.69) is 24.1 Å². The van der Waals surface area contributed by atoms with Gasteiger partial charge in [-0.05, 0) is 38.3 Å². The maximum atomic E-state index is 11.4. The van der Waals surface area contributed by atoms with E-state index in [-0.39, 0.29) is 11.9 Å². The first-order valence-electron chi connectivity index (χ1n) is 7.36. The first-order chi connectivity index (χ1) is 9.08. The van der Waals surface area contributed by atoms with Crippen molar-refractivity contribution in [2.24, 2.45) is 11.7 Å². The molecule has 19 heavy (non-hydrogen) atoms. The summed E-state index contributed by atoms with van der Waals surface area (Å²) in [4.78, 5) is 13.7. The van der Waals surface area contributed by atoms with Crippen molar-refractivity contribution in [2.75, 3.05) is 33.3 Å². The van der Waals surface area contributed by atoms with Gasteiger partial charge in [-0.2, -0.15) is 0 Å². The van der Waals surface area contributed by atoms with Crippen molar-refractivity contribution in [3.63, 3.8) is 0 Å². The molecule has 1 amide bonds. The van der Waals surface area contributed by atoms with Crippen molar-refractivity contribution >= 4 is 5.91 Å². The third kappa shape index (κ3) is 5.47. The second-order valence-corrected chi connectivity index (χ2v) is 5.54. The van der Waals surface area contributed by atoms with Gasteiger partial charge in [-0.1, -0.05) is 13.8 Å². The lowest BCUT2D eigenvalue weighted by Crippen LogP contribution is -2.47. The first-order valence-corrected chi connectivity index (χ1v) is 7.36. The maximum absolute atomic E-state index is 11.4. The molecule has 1 saturated heterocycles. The van der Waals surface area contributed by atoms with Gasteiger partial charge in [-0.15, -0.1) is 0 Å². The average Bonchev–Trinajstić information content (AvgIpc) is 2.40. The summed E-state index contributed by atoms with van der Waals surface area (Å²) in [7, 11) is 1.78. The second kappa shape index (κ2) is 8.51. The Hall–Kier alpha value is -0.650. The van der Waals surface area contributed by atoms with Crippen LogP contribution in [0.1, 0.15) is 33.1 Å². The molecule has 1 fully saturated rings. The van der Waals surface area contributed by atoms with Crippen molar-refractivity contribution in [3.8, 4) is 0 Å². The summed E-state index contributed by atoms with van der Waals surface area (Å²) in [5.41, 5.74) is 5.42. The van der Waals surface area contributed by atoms with Gasteiger partial charge in [0.15, 0.2) is 0 Å². The number of likely N-dealkylation sites (tertiary alicyclic amines) is 1. The van der Waals surface area contributed by atoms with Crippen LogP contribution in [-0.4, -0.2) is 56.2 Å².